The molecule has 0 radical (unpaired) electrons. The van der Waals surface area contributed by atoms with Crippen LogP contribution in [0.3, 0.4) is 0 Å². The Kier molecular flexibility index (Phi) is 4.48. The summed E-state index contributed by atoms with van der Waals surface area (Å²) < 4.78 is 1.96. The Balaban J connectivity index is 1.93. The first-order chi connectivity index (χ1) is 11.1. The summed E-state index contributed by atoms with van der Waals surface area (Å²) in [4.78, 5) is 12.5. The number of rotatable bonds is 5. The van der Waals surface area contributed by atoms with Crippen LogP contribution < -0.4 is 11.1 Å². The maximum atomic E-state index is 12.5. The number of aryl methyl sites for hydroxylation is 1. The van der Waals surface area contributed by atoms with Gasteiger partial charge in [-0.2, -0.15) is 5.10 Å². The molecule has 1 aliphatic carbocycles. The van der Waals surface area contributed by atoms with Gasteiger partial charge in [-0.25, -0.2) is 4.68 Å². The zero-order valence-corrected chi connectivity index (χ0v) is 13.8. The number of nitrogens with zero attached hydrogens (tertiary/aromatic N) is 2. The molecule has 3 N–H and O–H groups in total. The molecule has 5 heteroatoms. The third kappa shape index (κ3) is 3.01. The number of hydrogen-bond donors (Lipinski definition) is 2. The van der Waals surface area contributed by atoms with Crippen molar-refractivity contribution in [3.8, 4) is 5.69 Å². The van der Waals surface area contributed by atoms with E-state index in [4.69, 9.17) is 5.73 Å². The maximum absolute atomic E-state index is 12.5. The van der Waals surface area contributed by atoms with Crippen molar-refractivity contribution < 1.29 is 4.79 Å². The van der Waals surface area contributed by atoms with Gasteiger partial charge in [-0.3, -0.25) is 4.79 Å². The summed E-state index contributed by atoms with van der Waals surface area (Å²) >= 11 is 0. The second-order valence-electron chi connectivity index (χ2n) is 6.38. The summed E-state index contributed by atoms with van der Waals surface area (Å²) in [5.74, 6) is 0.182. The highest BCUT2D eigenvalue weighted by atomic mass is 16.1. The highest BCUT2D eigenvalue weighted by Gasteiger charge is 2.27. The van der Waals surface area contributed by atoms with Crippen LogP contribution in [0.25, 0.3) is 5.69 Å². The van der Waals surface area contributed by atoms with E-state index in [-0.39, 0.29) is 11.8 Å². The Morgan fingerprint density at radius 2 is 2.17 bits per heavy atom. The number of carbonyl (C=O) groups is 1. The molecule has 1 aliphatic rings. The molecule has 0 aliphatic heterocycles. The van der Waals surface area contributed by atoms with Crippen molar-refractivity contribution in [3.05, 3.63) is 46.8 Å². The predicted octanol–water partition coefficient (Wildman–Crippen LogP) is 1.99. The van der Waals surface area contributed by atoms with Gasteiger partial charge in [0, 0.05) is 17.8 Å². The molecule has 122 valence electrons. The van der Waals surface area contributed by atoms with Gasteiger partial charge in [0.25, 0.3) is 5.91 Å². The topological polar surface area (TPSA) is 72.9 Å². The van der Waals surface area contributed by atoms with Gasteiger partial charge in [0.05, 0.1) is 5.69 Å². The van der Waals surface area contributed by atoms with Gasteiger partial charge in [0.15, 0.2) is 5.69 Å². The maximum Gasteiger partial charge on any atom is 0.272 e. The Hall–Kier alpha value is -2.14. The second kappa shape index (κ2) is 6.54. The average Bonchev–Trinajstić information content (AvgIpc) is 3.15. The van der Waals surface area contributed by atoms with Crippen LogP contribution in [0, 0.1) is 12.8 Å². The molecule has 0 fully saturated rings. The first-order valence-electron chi connectivity index (χ1n) is 8.27. The van der Waals surface area contributed by atoms with Gasteiger partial charge < -0.3 is 11.1 Å². The molecule has 23 heavy (non-hydrogen) atoms. The lowest BCUT2D eigenvalue weighted by atomic mass is 10.1. The van der Waals surface area contributed by atoms with Gasteiger partial charge in [0.2, 0.25) is 0 Å². The first-order valence-corrected chi connectivity index (χ1v) is 8.27. The van der Waals surface area contributed by atoms with Crippen LogP contribution in [0.2, 0.25) is 0 Å². The Morgan fingerprint density at radius 3 is 2.91 bits per heavy atom. The van der Waals surface area contributed by atoms with Crippen molar-refractivity contribution in [3.63, 3.8) is 0 Å². The number of fused-ring (bicyclic) bond motifs is 1. The van der Waals surface area contributed by atoms with Crippen molar-refractivity contribution in [2.75, 3.05) is 13.1 Å². The lowest BCUT2D eigenvalue weighted by Gasteiger charge is -2.10. The van der Waals surface area contributed by atoms with E-state index in [0.717, 1.165) is 36.1 Å². The molecule has 0 saturated heterocycles. The molecule has 0 bridgehead atoms. The standard InChI is InChI=1S/C18H24N4O/c1-12(10-19)11-20-18(23)17-14-7-5-9-16(14)22(21-17)15-8-4-3-6-13(15)2/h3-4,6,8,12H,5,7,9-11,19H2,1-2H3,(H,20,23). The zero-order chi connectivity index (χ0) is 16.4. The minimum Gasteiger partial charge on any atom is -0.350 e. The van der Waals surface area contributed by atoms with E-state index in [2.05, 4.69) is 29.5 Å². The van der Waals surface area contributed by atoms with Crippen molar-refractivity contribution in [2.45, 2.75) is 33.1 Å². The van der Waals surface area contributed by atoms with E-state index < -0.39 is 0 Å². The van der Waals surface area contributed by atoms with Crippen molar-refractivity contribution >= 4 is 5.91 Å². The SMILES string of the molecule is Cc1ccccc1-n1nc(C(=O)NCC(C)CN)c2c1CCC2. The van der Waals surface area contributed by atoms with E-state index >= 15 is 0 Å². The zero-order valence-electron chi connectivity index (χ0n) is 13.8. The van der Waals surface area contributed by atoms with Crippen LogP contribution in [0.5, 0.6) is 0 Å². The second-order valence-corrected chi connectivity index (χ2v) is 6.38. The average molecular weight is 312 g/mol. The molecule has 2 aromatic rings. The summed E-state index contributed by atoms with van der Waals surface area (Å²) in [6.45, 7) is 5.25. The fourth-order valence-corrected chi connectivity index (χ4v) is 3.05. The Labute approximate surface area is 136 Å². The van der Waals surface area contributed by atoms with Crippen LogP contribution in [0.15, 0.2) is 24.3 Å². The number of benzene rings is 1. The number of nitrogens with two attached hydrogens (primary N) is 1. The van der Waals surface area contributed by atoms with E-state index in [9.17, 15) is 4.79 Å². The van der Waals surface area contributed by atoms with Gasteiger partial charge >= 0.3 is 0 Å². The largest absolute Gasteiger partial charge is 0.350 e. The van der Waals surface area contributed by atoms with Crippen molar-refractivity contribution in [1.29, 1.82) is 0 Å². The lowest BCUT2D eigenvalue weighted by molar-refractivity contribution is 0.0942. The molecule has 0 spiro atoms. The molecular weight excluding hydrogens is 288 g/mol. The van der Waals surface area contributed by atoms with Crippen LogP contribution in [-0.2, 0) is 12.8 Å². The predicted molar refractivity (Wildman–Crippen MR) is 90.9 cm³/mol. The van der Waals surface area contributed by atoms with Crippen LogP contribution in [0.4, 0.5) is 0 Å². The monoisotopic (exact) mass is 312 g/mol. The van der Waals surface area contributed by atoms with Crippen LogP contribution >= 0.6 is 0 Å². The molecule has 1 aromatic carbocycles. The molecule has 5 nitrogen and oxygen atoms in total. The number of carbonyl (C=O) groups excluding carboxylic acids is 1. The molecule has 1 amide bonds. The summed E-state index contributed by atoms with van der Waals surface area (Å²) in [6, 6.07) is 8.15. The van der Waals surface area contributed by atoms with Crippen LogP contribution in [0.1, 0.15) is 40.7 Å². The number of nitrogens with one attached hydrogen (secondary N) is 1. The summed E-state index contributed by atoms with van der Waals surface area (Å²) in [5.41, 5.74) is 10.7. The molecule has 3 rings (SSSR count). The highest BCUT2D eigenvalue weighted by Crippen LogP contribution is 2.28. The summed E-state index contributed by atoms with van der Waals surface area (Å²) in [6.07, 6.45) is 2.98. The smallest absolute Gasteiger partial charge is 0.272 e. The molecule has 1 heterocycles. The van der Waals surface area contributed by atoms with Gasteiger partial charge in [-0.05, 0) is 50.3 Å². The van der Waals surface area contributed by atoms with E-state index in [1.54, 1.807) is 0 Å². The summed E-state index contributed by atoms with van der Waals surface area (Å²) in [7, 11) is 0. The fourth-order valence-electron chi connectivity index (χ4n) is 3.05. The normalized spacial score (nSPS) is 14.6. The van der Waals surface area contributed by atoms with Crippen molar-refractivity contribution in [2.24, 2.45) is 11.7 Å². The molecule has 1 atom stereocenters. The fraction of sp³-hybridized carbons (Fsp3) is 0.444. The number of para-hydroxylation sites is 1. The highest BCUT2D eigenvalue weighted by molar-refractivity contribution is 5.94. The third-order valence-corrected chi connectivity index (χ3v) is 4.50. The van der Waals surface area contributed by atoms with Crippen molar-refractivity contribution in [1.82, 2.24) is 15.1 Å². The third-order valence-electron chi connectivity index (χ3n) is 4.50. The van der Waals surface area contributed by atoms with E-state index in [1.807, 2.05) is 23.7 Å². The molecular formula is C18H24N4O. The number of aromatic nitrogens is 2. The minimum absolute atomic E-state index is 0.0872. The van der Waals surface area contributed by atoms with Gasteiger partial charge in [-0.1, -0.05) is 25.1 Å². The Morgan fingerprint density at radius 1 is 1.39 bits per heavy atom. The van der Waals surface area contributed by atoms with E-state index in [0.29, 0.717) is 18.8 Å². The molecule has 0 saturated carbocycles. The number of hydrogen-bond acceptors (Lipinski definition) is 3. The number of amides is 1. The first kappa shape index (κ1) is 15.7. The molecule has 1 unspecified atom stereocenters. The lowest BCUT2D eigenvalue weighted by Crippen LogP contribution is -2.32. The van der Waals surface area contributed by atoms with E-state index in [1.165, 1.54) is 5.69 Å². The molecule has 1 aromatic heterocycles. The van der Waals surface area contributed by atoms with Gasteiger partial charge in [-0.15, -0.1) is 0 Å². The minimum atomic E-state index is -0.0872. The summed E-state index contributed by atoms with van der Waals surface area (Å²) in [5, 5.41) is 7.60. The Bertz CT molecular complexity index is 720. The van der Waals surface area contributed by atoms with Gasteiger partial charge in [0.1, 0.15) is 0 Å². The van der Waals surface area contributed by atoms with Crippen LogP contribution in [-0.4, -0.2) is 28.8 Å². The quantitative estimate of drug-likeness (QED) is 0.887.